The first kappa shape index (κ1) is 18.2. The fourth-order valence-electron chi connectivity index (χ4n) is 5.81. The van der Waals surface area contributed by atoms with Crippen molar-refractivity contribution in [3.05, 3.63) is 24.0 Å². The smallest absolute Gasteiger partial charge is 0.322 e. The van der Waals surface area contributed by atoms with Crippen LogP contribution >= 0.6 is 0 Å². The summed E-state index contributed by atoms with van der Waals surface area (Å²) < 4.78 is 20.1. The Hall–Kier alpha value is -1.82. The summed E-state index contributed by atoms with van der Waals surface area (Å²) in [7, 11) is 0. The van der Waals surface area contributed by atoms with E-state index in [-0.39, 0.29) is 11.8 Å². The number of halogens is 1. The van der Waals surface area contributed by atoms with Crippen LogP contribution in [0.25, 0.3) is 0 Å². The molecule has 4 fully saturated rings. The Balaban J connectivity index is 1.27. The summed E-state index contributed by atoms with van der Waals surface area (Å²) in [6, 6.07) is 5.34. The maximum Gasteiger partial charge on any atom is 0.322 e. The van der Waals surface area contributed by atoms with Crippen molar-refractivity contribution in [3.63, 3.8) is 0 Å². The van der Waals surface area contributed by atoms with Gasteiger partial charge in [0.1, 0.15) is 5.82 Å². The predicted octanol–water partition coefficient (Wildman–Crippen LogP) is 4.24. The molecule has 1 spiro atoms. The molecular formula is C22H30FN3O2. The van der Waals surface area contributed by atoms with Crippen molar-refractivity contribution in [2.45, 2.75) is 51.0 Å². The number of rotatable bonds is 3. The molecule has 5 rings (SSSR count). The van der Waals surface area contributed by atoms with Gasteiger partial charge in [0.05, 0.1) is 5.69 Å². The number of benzene rings is 1. The van der Waals surface area contributed by atoms with Crippen LogP contribution in [0.2, 0.25) is 0 Å². The van der Waals surface area contributed by atoms with E-state index in [0.29, 0.717) is 28.7 Å². The van der Waals surface area contributed by atoms with Crippen molar-refractivity contribution in [1.29, 1.82) is 0 Å². The fourth-order valence-corrected chi connectivity index (χ4v) is 5.81. The number of nitrogens with one attached hydrogen (secondary N) is 1. The van der Waals surface area contributed by atoms with Gasteiger partial charge in [-0.15, -0.1) is 0 Å². The van der Waals surface area contributed by atoms with Crippen LogP contribution in [0.1, 0.15) is 44.9 Å². The zero-order valence-corrected chi connectivity index (χ0v) is 16.5. The van der Waals surface area contributed by atoms with E-state index in [9.17, 15) is 9.18 Å². The zero-order chi connectivity index (χ0) is 19.1. The summed E-state index contributed by atoms with van der Waals surface area (Å²) in [6.45, 7) is 4.26. The van der Waals surface area contributed by atoms with Crippen molar-refractivity contribution in [2.75, 3.05) is 43.1 Å². The monoisotopic (exact) mass is 387 g/mol. The van der Waals surface area contributed by atoms with Crippen LogP contribution in [-0.4, -0.2) is 49.8 Å². The van der Waals surface area contributed by atoms with Gasteiger partial charge in [-0.3, -0.25) is 0 Å². The number of amides is 2. The molecular weight excluding hydrogens is 357 g/mol. The zero-order valence-electron chi connectivity index (χ0n) is 16.5. The summed E-state index contributed by atoms with van der Waals surface area (Å²) >= 11 is 0. The van der Waals surface area contributed by atoms with E-state index in [1.165, 1.54) is 25.3 Å². The Bertz CT molecular complexity index is 739. The fraction of sp³-hybridized carbons (Fsp3) is 0.682. The van der Waals surface area contributed by atoms with Crippen molar-refractivity contribution in [2.24, 2.45) is 11.3 Å². The van der Waals surface area contributed by atoms with Crippen LogP contribution in [0.3, 0.4) is 0 Å². The highest BCUT2D eigenvalue weighted by Crippen LogP contribution is 2.56. The van der Waals surface area contributed by atoms with E-state index >= 15 is 0 Å². The number of hydrogen-bond donors (Lipinski definition) is 1. The standard InChI is InChI=1S/C22H30FN3O2/c23-18-14-17(4-5-19(18)25-10-1-2-11-25)24-21(27)26-15-22(8-3-9-22)20(26)16-6-12-28-13-7-16/h4-5,14,16,20H,1-3,6-13,15H2,(H,24,27). The lowest BCUT2D eigenvalue weighted by Gasteiger charge is -2.64. The summed E-state index contributed by atoms with van der Waals surface area (Å²) in [6.07, 6.45) is 8.05. The van der Waals surface area contributed by atoms with E-state index in [2.05, 4.69) is 10.2 Å². The Kier molecular flexibility index (Phi) is 4.69. The molecule has 3 saturated heterocycles. The number of carbonyl (C=O) groups excluding carboxylic acids is 1. The summed E-state index contributed by atoms with van der Waals surface area (Å²) in [4.78, 5) is 17.1. The number of ether oxygens (including phenoxy) is 1. The highest BCUT2D eigenvalue weighted by molar-refractivity contribution is 5.90. The quantitative estimate of drug-likeness (QED) is 0.844. The van der Waals surface area contributed by atoms with E-state index < -0.39 is 0 Å². The molecule has 1 aliphatic carbocycles. The average Bonchev–Trinajstić information content (AvgIpc) is 3.15. The first-order chi connectivity index (χ1) is 13.7. The normalized spacial score (nSPS) is 26.8. The molecule has 5 nitrogen and oxygen atoms in total. The van der Waals surface area contributed by atoms with E-state index in [1.807, 2.05) is 11.0 Å². The molecule has 1 aromatic rings. The minimum Gasteiger partial charge on any atom is -0.381 e. The first-order valence-corrected chi connectivity index (χ1v) is 10.9. The Morgan fingerprint density at radius 2 is 1.89 bits per heavy atom. The van der Waals surface area contributed by atoms with Crippen LogP contribution in [0.5, 0.6) is 0 Å². The number of likely N-dealkylation sites (tertiary alicyclic amines) is 1. The average molecular weight is 387 g/mol. The van der Waals surface area contributed by atoms with Gasteiger partial charge in [-0.05, 0) is 62.6 Å². The summed E-state index contributed by atoms with van der Waals surface area (Å²) in [5.41, 5.74) is 1.53. The van der Waals surface area contributed by atoms with E-state index in [1.54, 1.807) is 6.07 Å². The SMILES string of the molecule is O=C(Nc1ccc(N2CCCC2)c(F)c1)N1CC2(CCC2)C1C1CCOCC1. The van der Waals surface area contributed by atoms with Crippen molar-refractivity contribution in [3.8, 4) is 0 Å². The molecule has 6 heteroatoms. The largest absolute Gasteiger partial charge is 0.381 e. The molecule has 0 aromatic heterocycles. The second kappa shape index (κ2) is 7.21. The first-order valence-electron chi connectivity index (χ1n) is 10.9. The molecule has 28 heavy (non-hydrogen) atoms. The second-order valence-electron chi connectivity index (χ2n) is 9.03. The molecule has 2 amide bonds. The third-order valence-corrected chi connectivity index (χ3v) is 7.42. The molecule has 1 aromatic carbocycles. The number of urea groups is 1. The third kappa shape index (κ3) is 3.06. The van der Waals surface area contributed by atoms with Crippen molar-refractivity contribution in [1.82, 2.24) is 4.90 Å². The lowest BCUT2D eigenvalue weighted by Crippen LogP contribution is -2.72. The number of hydrogen-bond acceptors (Lipinski definition) is 3. The van der Waals surface area contributed by atoms with Crippen LogP contribution in [0, 0.1) is 17.2 Å². The van der Waals surface area contributed by atoms with Crippen LogP contribution < -0.4 is 10.2 Å². The summed E-state index contributed by atoms with van der Waals surface area (Å²) in [5, 5.41) is 2.95. The number of nitrogens with zero attached hydrogens (tertiary/aromatic N) is 2. The van der Waals surface area contributed by atoms with Gasteiger partial charge in [0.2, 0.25) is 0 Å². The number of carbonyl (C=O) groups is 1. The molecule has 1 atom stereocenters. The highest BCUT2D eigenvalue weighted by atomic mass is 19.1. The molecule has 152 valence electrons. The molecule has 3 heterocycles. The van der Waals surface area contributed by atoms with Gasteiger partial charge >= 0.3 is 6.03 Å². The van der Waals surface area contributed by atoms with E-state index in [0.717, 1.165) is 58.5 Å². The Morgan fingerprint density at radius 3 is 2.54 bits per heavy atom. The molecule has 0 bridgehead atoms. The molecule has 0 radical (unpaired) electrons. The maximum absolute atomic E-state index is 14.6. The maximum atomic E-state index is 14.6. The number of anilines is 2. The van der Waals surface area contributed by atoms with Gasteiger partial charge < -0.3 is 19.9 Å². The van der Waals surface area contributed by atoms with Gasteiger partial charge in [0.15, 0.2) is 0 Å². The van der Waals surface area contributed by atoms with Gasteiger partial charge in [-0.2, -0.15) is 0 Å². The minimum absolute atomic E-state index is 0.0812. The van der Waals surface area contributed by atoms with Gasteiger partial charge in [0.25, 0.3) is 0 Å². The van der Waals surface area contributed by atoms with Crippen LogP contribution in [-0.2, 0) is 4.74 Å². The summed E-state index contributed by atoms with van der Waals surface area (Å²) in [5.74, 6) is 0.280. The predicted molar refractivity (Wildman–Crippen MR) is 107 cm³/mol. The van der Waals surface area contributed by atoms with E-state index in [4.69, 9.17) is 4.74 Å². The molecule has 1 saturated carbocycles. The lowest BCUT2D eigenvalue weighted by molar-refractivity contribution is -0.135. The molecule has 4 aliphatic rings. The molecule has 1 N–H and O–H groups in total. The molecule has 3 aliphatic heterocycles. The Morgan fingerprint density at radius 1 is 1.14 bits per heavy atom. The van der Waals surface area contributed by atoms with Crippen LogP contribution in [0.4, 0.5) is 20.6 Å². The van der Waals surface area contributed by atoms with Crippen molar-refractivity contribution < 1.29 is 13.9 Å². The third-order valence-electron chi connectivity index (χ3n) is 7.42. The van der Waals surface area contributed by atoms with Crippen LogP contribution in [0.15, 0.2) is 18.2 Å². The Labute approximate surface area is 166 Å². The molecule has 1 unspecified atom stereocenters. The van der Waals surface area contributed by atoms with Gasteiger partial charge in [-0.25, -0.2) is 9.18 Å². The van der Waals surface area contributed by atoms with Crippen molar-refractivity contribution >= 4 is 17.4 Å². The highest BCUT2D eigenvalue weighted by Gasteiger charge is 2.59. The van der Waals surface area contributed by atoms with Gasteiger partial charge in [-0.1, -0.05) is 6.42 Å². The second-order valence-corrected chi connectivity index (χ2v) is 9.03. The van der Waals surface area contributed by atoms with Gasteiger partial charge in [0, 0.05) is 50.0 Å². The lowest BCUT2D eigenvalue weighted by atomic mass is 9.54. The minimum atomic E-state index is -0.250. The topological polar surface area (TPSA) is 44.8 Å².